The standard InChI is InChI=1S/C29H26F3N3O3S.C27H22F3N3O3S.C27H22F3N3O2S/c1-19-16-22(20-8-10-23(11-9-20)29(30,31)32)18-28(33-19)27-7-3-6-26(34-27)21-4-2-5-25(17-21)39(37,38)35-14-12-24(36)13-15-35;1-17-12-20(18-8-10-21(11-9-18)27(28,29)30)14-26(31-17)25-7-3-6-24(32-25)19-4-2-5-23(13-19)37(35,36)33-15-22(34)16-33;1-18-15-21(19-9-11-22(12-10-19)27(28,29)30)17-26(31-18)25-8-3-7-24(32-25)20-5-2-6-23(16-20)36(34,35)33-13-4-14-33/h2-11,16-18,24,36H,12-15H2,1H3;2-14,22,34H,15-16H2,1H3;2-3,5-12,15-17H,4,13-14H2,1H3. The van der Waals surface area contributed by atoms with Crippen LogP contribution in [0.2, 0.25) is 0 Å². The quantitative estimate of drug-likeness (QED) is 0.0910. The van der Waals surface area contributed by atoms with E-state index in [1.165, 1.54) is 55.4 Å². The van der Waals surface area contributed by atoms with Gasteiger partial charge in [0.25, 0.3) is 0 Å². The van der Waals surface area contributed by atoms with Gasteiger partial charge < -0.3 is 10.2 Å². The molecule has 3 aliphatic rings. The Hall–Kier alpha value is -10.8. The second-order valence-corrected chi connectivity index (χ2v) is 32.9. The maximum Gasteiger partial charge on any atom is 0.416 e. The van der Waals surface area contributed by atoms with Crippen molar-refractivity contribution in [3.63, 3.8) is 0 Å². The Morgan fingerprint density at radius 2 is 0.571 bits per heavy atom. The lowest BCUT2D eigenvalue weighted by atomic mass is 10.0. The fourth-order valence-electron chi connectivity index (χ4n) is 12.8. The summed E-state index contributed by atoms with van der Waals surface area (Å²) in [7, 11) is -11.0. The van der Waals surface area contributed by atoms with Gasteiger partial charge in [0.1, 0.15) is 0 Å². The van der Waals surface area contributed by atoms with Crippen LogP contribution >= 0.6 is 0 Å². The monoisotopic (exact) mass is 1590 g/mol. The van der Waals surface area contributed by atoms with Gasteiger partial charge in [-0.1, -0.05) is 91.0 Å². The Morgan fingerprint density at radius 1 is 0.295 bits per heavy atom. The van der Waals surface area contributed by atoms with Crippen molar-refractivity contribution in [1.82, 2.24) is 42.8 Å². The van der Waals surface area contributed by atoms with E-state index in [-0.39, 0.29) is 40.9 Å². The molecular formula is C83H70F9N9O8S3. The van der Waals surface area contributed by atoms with E-state index < -0.39 is 77.5 Å². The summed E-state index contributed by atoms with van der Waals surface area (Å²) < 4.78 is 198. The number of halogens is 9. The number of aliphatic hydroxyl groups is 2. The minimum Gasteiger partial charge on any atom is -0.393 e. The Bertz CT molecular complexity index is 5830. The Morgan fingerprint density at radius 3 is 0.848 bits per heavy atom. The first-order valence-corrected chi connectivity index (χ1v) is 39.5. The summed E-state index contributed by atoms with van der Waals surface area (Å²) in [6.45, 7) is 7.13. The number of hydrogen-bond donors (Lipinski definition) is 2. The molecule has 2 N–H and O–H groups in total. The van der Waals surface area contributed by atoms with Crippen molar-refractivity contribution in [3.8, 4) is 101 Å². The highest BCUT2D eigenvalue weighted by Gasteiger charge is 2.37. The fraction of sp³-hybridized carbons (Fsp3) is 0.205. The Balaban J connectivity index is 0.000000147. The number of piperidine rings is 1. The number of β-amino-alcohol motifs (C(OH)–C–C–N with tert-alkyl or cyclic N) is 1. The predicted molar refractivity (Wildman–Crippen MR) is 406 cm³/mol. The van der Waals surface area contributed by atoms with Gasteiger partial charge in [-0.15, -0.1) is 0 Å². The van der Waals surface area contributed by atoms with Crippen molar-refractivity contribution < 1.29 is 75.0 Å². The van der Waals surface area contributed by atoms with Crippen LogP contribution in [-0.2, 0) is 48.6 Å². The molecule has 0 saturated carbocycles. The van der Waals surface area contributed by atoms with Crippen molar-refractivity contribution in [2.24, 2.45) is 0 Å². The lowest BCUT2D eigenvalue weighted by molar-refractivity contribution is -0.138. The summed E-state index contributed by atoms with van der Waals surface area (Å²) in [5, 5.41) is 19.2. The van der Waals surface area contributed by atoms with Gasteiger partial charge in [-0.05, 0) is 219 Å². The van der Waals surface area contributed by atoms with Crippen LogP contribution in [0.1, 0.15) is 53.0 Å². The topological polar surface area (TPSA) is 230 Å². The third-order valence-corrected chi connectivity index (χ3v) is 24.5. The van der Waals surface area contributed by atoms with Gasteiger partial charge in [0, 0.05) is 73.0 Å². The maximum absolute atomic E-state index is 13.2. The van der Waals surface area contributed by atoms with E-state index in [0.717, 1.165) is 48.4 Å². The molecule has 0 atom stereocenters. The third-order valence-electron chi connectivity index (χ3n) is 18.9. The number of aromatic nitrogens is 6. The van der Waals surface area contributed by atoms with Crippen molar-refractivity contribution >= 4 is 30.1 Å². The molecule has 12 aromatic rings. The van der Waals surface area contributed by atoms with E-state index in [4.69, 9.17) is 15.0 Å². The smallest absolute Gasteiger partial charge is 0.393 e. The third kappa shape index (κ3) is 18.2. The minimum atomic E-state index is -4.41. The molecule has 3 saturated heterocycles. The zero-order valence-corrected chi connectivity index (χ0v) is 62.5. The number of alkyl halides is 9. The fourth-order valence-corrected chi connectivity index (χ4v) is 17.4. The summed E-state index contributed by atoms with van der Waals surface area (Å²) in [5.41, 5.74) is 10.8. The van der Waals surface area contributed by atoms with Crippen LogP contribution in [0.3, 0.4) is 0 Å². The Kier molecular flexibility index (Phi) is 22.8. The number of sulfonamides is 3. The molecular weight excluding hydrogens is 1520 g/mol. The molecule has 0 aliphatic carbocycles. The number of pyridine rings is 6. The molecule has 0 bridgehead atoms. The lowest BCUT2D eigenvalue weighted by Gasteiger charge is -2.34. The van der Waals surface area contributed by atoms with Crippen LogP contribution in [0.15, 0.2) is 251 Å². The molecule has 29 heteroatoms. The lowest BCUT2D eigenvalue weighted by Crippen LogP contribution is -2.53. The first kappa shape index (κ1) is 79.3. The summed E-state index contributed by atoms with van der Waals surface area (Å²) >= 11 is 0. The van der Waals surface area contributed by atoms with Gasteiger partial charge in [-0.25, -0.2) is 40.2 Å². The van der Waals surface area contributed by atoms with Gasteiger partial charge in [0.15, 0.2) is 0 Å². The van der Waals surface area contributed by atoms with Crippen molar-refractivity contribution in [2.45, 2.75) is 85.5 Å². The molecule has 9 heterocycles. The zero-order valence-electron chi connectivity index (χ0n) is 60.0. The van der Waals surface area contributed by atoms with Crippen LogP contribution in [0.25, 0.3) is 101 Å². The highest BCUT2D eigenvalue weighted by molar-refractivity contribution is 7.89. The number of aryl methyl sites for hydroxylation is 3. The minimum absolute atomic E-state index is 0.0700. The summed E-state index contributed by atoms with van der Waals surface area (Å²) in [6.07, 6.45) is -12.7. The number of nitrogens with zero attached hydrogens (tertiary/aromatic N) is 9. The average molecular weight is 1590 g/mol. The Labute approximate surface area is 640 Å². The zero-order chi connectivity index (χ0) is 79.7. The van der Waals surface area contributed by atoms with E-state index in [2.05, 4.69) is 15.0 Å². The van der Waals surface area contributed by atoms with Gasteiger partial charge >= 0.3 is 18.5 Å². The van der Waals surface area contributed by atoms with Gasteiger partial charge in [-0.3, -0.25) is 15.0 Å². The summed E-state index contributed by atoms with van der Waals surface area (Å²) in [4.78, 5) is 28.3. The first-order valence-electron chi connectivity index (χ1n) is 35.2. The molecule has 3 fully saturated rings. The van der Waals surface area contributed by atoms with Crippen molar-refractivity contribution in [2.75, 3.05) is 39.3 Å². The first-order chi connectivity index (χ1) is 53.1. The second kappa shape index (κ2) is 32.1. The van der Waals surface area contributed by atoms with E-state index in [9.17, 15) is 75.0 Å². The van der Waals surface area contributed by atoms with Gasteiger partial charge in [0.2, 0.25) is 30.1 Å². The molecule has 6 aromatic heterocycles. The number of aliphatic hydroxyl groups excluding tert-OH is 2. The van der Waals surface area contributed by atoms with Crippen molar-refractivity contribution in [1.29, 1.82) is 0 Å². The summed E-state index contributed by atoms with van der Waals surface area (Å²) in [5.74, 6) is 0. The molecule has 576 valence electrons. The van der Waals surface area contributed by atoms with Crippen LogP contribution < -0.4 is 0 Å². The van der Waals surface area contributed by atoms with Crippen LogP contribution in [0.4, 0.5) is 39.5 Å². The molecule has 112 heavy (non-hydrogen) atoms. The maximum atomic E-state index is 13.2. The highest BCUT2D eigenvalue weighted by Crippen LogP contribution is 2.38. The van der Waals surface area contributed by atoms with E-state index in [1.807, 2.05) is 13.0 Å². The number of rotatable bonds is 15. The molecule has 0 spiro atoms. The molecule has 0 unspecified atom stereocenters. The van der Waals surface area contributed by atoms with Crippen LogP contribution in [0, 0.1) is 20.8 Å². The average Bonchev–Trinajstić information content (AvgIpc) is 0.780. The highest BCUT2D eigenvalue weighted by atomic mass is 32.2. The van der Waals surface area contributed by atoms with E-state index in [0.29, 0.717) is 139 Å². The van der Waals surface area contributed by atoms with E-state index >= 15 is 0 Å². The largest absolute Gasteiger partial charge is 0.416 e. The van der Waals surface area contributed by atoms with Crippen molar-refractivity contribution in [3.05, 3.63) is 270 Å². The molecule has 15 rings (SSSR count). The summed E-state index contributed by atoms with van der Waals surface area (Å²) in [6, 6.07) is 61.4. The van der Waals surface area contributed by atoms with Crippen LogP contribution in [-0.4, -0.2) is 130 Å². The second-order valence-electron chi connectivity index (χ2n) is 27.0. The number of hydrogen-bond acceptors (Lipinski definition) is 14. The molecule has 0 radical (unpaired) electrons. The molecule has 0 amide bonds. The molecule has 17 nitrogen and oxygen atoms in total. The van der Waals surface area contributed by atoms with Gasteiger partial charge in [-0.2, -0.15) is 52.4 Å². The van der Waals surface area contributed by atoms with Gasteiger partial charge in [0.05, 0.1) is 94.8 Å². The van der Waals surface area contributed by atoms with Crippen LogP contribution in [0.5, 0.6) is 0 Å². The SMILES string of the molecule is Cc1cc(-c2ccc(C(F)(F)F)cc2)cc(-c2cccc(-c3cccc(S(=O)(=O)N4CC(O)C4)c3)n2)n1.Cc1cc(-c2ccc(C(F)(F)F)cc2)cc(-c2cccc(-c3cccc(S(=O)(=O)N4CCC(O)CC4)c3)n2)n1.Cc1cc(-c2ccc(C(F)(F)F)cc2)cc(-c2cccc(-c3cccc(S(=O)(=O)N4CCC4)c3)n2)n1. The van der Waals surface area contributed by atoms with E-state index in [1.54, 1.807) is 166 Å². The molecule has 6 aromatic carbocycles. The predicted octanol–water partition coefficient (Wildman–Crippen LogP) is 17.3. The molecule has 3 aliphatic heterocycles. The normalized spacial score (nSPS) is 14.9. The number of benzene rings is 6.